The van der Waals surface area contributed by atoms with E-state index in [2.05, 4.69) is 10.3 Å². The van der Waals surface area contributed by atoms with Gasteiger partial charge in [-0.15, -0.1) is 0 Å². The van der Waals surface area contributed by atoms with Crippen LogP contribution in [0.3, 0.4) is 0 Å². The zero-order valence-electron chi connectivity index (χ0n) is 19.6. The van der Waals surface area contributed by atoms with E-state index in [9.17, 15) is 14.9 Å². The topological polar surface area (TPSA) is 94.4 Å². The molecule has 0 aliphatic rings. The number of benzene rings is 3. The van der Waals surface area contributed by atoms with Crippen LogP contribution in [0.2, 0.25) is 0 Å². The summed E-state index contributed by atoms with van der Waals surface area (Å²) in [6.45, 7) is 0.535. The van der Waals surface area contributed by atoms with Gasteiger partial charge in [0.15, 0.2) is 0 Å². The van der Waals surface area contributed by atoms with Crippen LogP contribution in [0, 0.1) is 10.1 Å². The van der Waals surface area contributed by atoms with E-state index >= 15 is 0 Å². The first-order chi connectivity index (χ1) is 17.1. The number of para-hydroxylation sites is 1. The van der Waals surface area contributed by atoms with Gasteiger partial charge in [0.05, 0.1) is 23.1 Å². The van der Waals surface area contributed by atoms with Gasteiger partial charge >= 0.3 is 0 Å². The predicted octanol–water partition coefficient (Wildman–Crippen LogP) is 5.96. The molecule has 7 nitrogen and oxygen atoms in total. The summed E-state index contributed by atoms with van der Waals surface area (Å²) in [5.74, 6) is 0.570. The Morgan fingerprint density at radius 2 is 1.66 bits per heavy atom. The largest absolute Gasteiger partial charge is 0.497 e. The number of hydrogen-bond acceptors (Lipinski definition) is 5. The van der Waals surface area contributed by atoms with Crippen LogP contribution >= 0.6 is 0 Å². The molecular formula is C28H27N3O4. The molecule has 7 heteroatoms. The number of pyridine rings is 1. The lowest BCUT2D eigenvalue weighted by atomic mass is 9.96. The summed E-state index contributed by atoms with van der Waals surface area (Å²) in [4.78, 5) is 28.8. The average Bonchev–Trinajstić information content (AvgIpc) is 2.90. The highest BCUT2D eigenvalue weighted by atomic mass is 16.6. The van der Waals surface area contributed by atoms with Crippen LogP contribution in [0.1, 0.15) is 35.3 Å². The van der Waals surface area contributed by atoms with Gasteiger partial charge in [0.25, 0.3) is 11.6 Å². The Labute approximate surface area is 203 Å². The van der Waals surface area contributed by atoms with E-state index in [4.69, 9.17) is 4.74 Å². The molecule has 0 spiro atoms. The summed E-state index contributed by atoms with van der Waals surface area (Å²) in [5.41, 5.74) is 3.31. The molecule has 4 aromatic rings. The van der Waals surface area contributed by atoms with Crippen molar-refractivity contribution in [1.82, 2.24) is 10.3 Å². The molecule has 4 rings (SSSR count). The monoisotopic (exact) mass is 469 g/mol. The molecule has 0 aliphatic carbocycles. The molecule has 35 heavy (non-hydrogen) atoms. The van der Waals surface area contributed by atoms with Crippen LogP contribution in [0.4, 0.5) is 5.69 Å². The SMILES string of the molecule is COc1ccc(C(=O)NCCCCCc2nc3ccccc3c(-c3ccccc3)c2[N+](=O)[O-])cc1. The first-order valence-corrected chi connectivity index (χ1v) is 11.6. The van der Waals surface area contributed by atoms with Crippen LogP contribution in [-0.4, -0.2) is 29.5 Å². The number of aromatic nitrogens is 1. The number of ether oxygens (including phenoxy) is 1. The first-order valence-electron chi connectivity index (χ1n) is 11.6. The van der Waals surface area contributed by atoms with Gasteiger partial charge in [0, 0.05) is 17.5 Å². The molecule has 1 amide bonds. The number of unbranched alkanes of at least 4 members (excludes halogenated alkanes) is 2. The minimum Gasteiger partial charge on any atom is -0.497 e. The number of nitro groups is 1. The van der Waals surface area contributed by atoms with Crippen LogP contribution in [0.5, 0.6) is 5.75 Å². The smallest absolute Gasteiger partial charge is 0.299 e. The highest BCUT2D eigenvalue weighted by molar-refractivity contribution is 5.99. The van der Waals surface area contributed by atoms with Crippen molar-refractivity contribution in [2.24, 2.45) is 0 Å². The Kier molecular flexibility index (Phi) is 7.67. The predicted molar refractivity (Wildman–Crippen MR) is 137 cm³/mol. The summed E-state index contributed by atoms with van der Waals surface area (Å²) in [6.07, 6.45) is 2.82. The number of fused-ring (bicyclic) bond motifs is 1. The number of methoxy groups -OCH3 is 1. The summed E-state index contributed by atoms with van der Waals surface area (Å²) in [5, 5.41) is 15.8. The van der Waals surface area contributed by atoms with E-state index in [1.807, 2.05) is 54.6 Å². The second-order valence-corrected chi connectivity index (χ2v) is 8.22. The maximum absolute atomic E-state index is 12.3. The standard InChI is InChI=1S/C28H27N3O4/c1-35-22-17-15-21(16-18-22)28(32)29-19-9-3-6-14-25-27(31(33)34)26(20-10-4-2-5-11-20)23-12-7-8-13-24(23)30-25/h2,4-5,7-8,10-13,15-18H,3,6,9,14,19H2,1H3,(H,29,32). The number of nitrogens with one attached hydrogen (secondary N) is 1. The molecule has 1 aromatic heterocycles. The van der Waals surface area contributed by atoms with Gasteiger partial charge in [-0.1, -0.05) is 55.0 Å². The van der Waals surface area contributed by atoms with Crippen LogP contribution in [0.15, 0.2) is 78.9 Å². The zero-order valence-corrected chi connectivity index (χ0v) is 19.6. The van der Waals surface area contributed by atoms with Gasteiger partial charge in [-0.25, -0.2) is 4.98 Å². The summed E-state index contributed by atoms with van der Waals surface area (Å²) >= 11 is 0. The molecule has 0 unspecified atom stereocenters. The van der Waals surface area contributed by atoms with E-state index in [0.717, 1.165) is 35.7 Å². The molecule has 0 saturated carbocycles. The fourth-order valence-electron chi connectivity index (χ4n) is 4.16. The molecule has 0 fully saturated rings. The van der Waals surface area contributed by atoms with Crippen LogP contribution < -0.4 is 10.1 Å². The molecule has 178 valence electrons. The normalized spacial score (nSPS) is 10.8. The summed E-state index contributed by atoms with van der Waals surface area (Å²) in [6, 6.07) is 23.9. The Morgan fingerprint density at radius 1 is 0.943 bits per heavy atom. The number of carbonyl (C=O) groups excluding carboxylic acids is 1. The minimum atomic E-state index is -0.313. The van der Waals surface area contributed by atoms with E-state index in [1.54, 1.807) is 31.4 Å². The van der Waals surface area contributed by atoms with E-state index < -0.39 is 0 Å². The second-order valence-electron chi connectivity index (χ2n) is 8.22. The fraction of sp³-hybridized carbons (Fsp3) is 0.214. The van der Waals surface area contributed by atoms with E-state index in [0.29, 0.717) is 35.5 Å². The van der Waals surface area contributed by atoms with Gasteiger partial charge in [-0.3, -0.25) is 14.9 Å². The second kappa shape index (κ2) is 11.2. The third-order valence-electron chi connectivity index (χ3n) is 5.91. The van der Waals surface area contributed by atoms with Crippen molar-refractivity contribution >= 4 is 22.5 Å². The maximum atomic E-state index is 12.3. The fourth-order valence-corrected chi connectivity index (χ4v) is 4.16. The molecule has 1 heterocycles. The lowest BCUT2D eigenvalue weighted by Gasteiger charge is -2.12. The van der Waals surface area contributed by atoms with Crippen molar-refractivity contribution in [3.8, 4) is 16.9 Å². The average molecular weight is 470 g/mol. The molecule has 1 N–H and O–H groups in total. The van der Waals surface area contributed by atoms with Gasteiger partial charge in [0.2, 0.25) is 0 Å². The number of carbonyl (C=O) groups is 1. The Morgan fingerprint density at radius 3 is 2.37 bits per heavy atom. The van der Waals surface area contributed by atoms with Crippen molar-refractivity contribution in [1.29, 1.82) is 0 Å². The molecular weight excluding hydrogens is 442 g/mol. The lowest BCUT2D eigenvalue weighted by Crippen LogP contribution is -2.24. The summed E-state index contributed by atoms with van der Waals surface area (Å²) < 4.78 is 5.11. The molecule has 0 atom stereocenters. The molecule has 3 aromatic carbocycles. The molecule has 0 bridgehead atoms. The Hall–Kier alpha value is -4.26. The third kappa shape index (κ3) is 5.63. The Balaban J connectivity index is 1.42. The molecule has 0 radical (unpaired) electrons. The van der Waals surface area contributed by atoms with Crippen molar-refractivity contribution in [3.05, 3.63) is 100 Å². The third-order valence-corrected chi connectivity index (χ3v) is 5.91. The van der Waals surface area contributed by atoms with Gasteiger partial charge in [0.1, 0.15) is 11.4 Å². The van der Waals surface area contributed by atoms with Gasteiger partial charge in [-0.05, 0) is 55.2 Å². The van der Waals surface area contributed by atoms with E-state index in [-0.39, 0.29) is 16.5 Å². The number of amides is 1. The zero-order chi connectivity index (χ0) is 24.6. The van der Waals surface area contributed by atoms with Gasteiger partial charge in [-0.2, -0.15) is 0 Å². The quantitative estimate of drug-likeness (QED) is 0.176. The first kappa shape index (κ1) is 23.9. The van der Waals surface area contributed by atoms with Crippen molar-refractivity contribution < 1.29 is 14.5 Å². The van der Waals surface area contributed by atoms with E-state index in [1.165, 1.54) is 0 Å². The highest BCUT2D eigenvalue weighted by Crippen LogP contribution is 2.38. The van der Waals surface area contributed by atoms with Crippen LogP contribution in [-0.2, 0) is 6.42 Å². The van der Waals surface area contributed by atoms with Crippen molar-refractivity contribution in [2.45, 2.75) is 25.7 Å². The lowest BCUT2D eigenvalue weighted by molar-refractivity contribution is -0.385. The molecule has 0 saturated heterocycles. The van der Waals surface area contributed by atoms with Crippen LogP contribution in [0.25, 0.3) is 22.0 Å². The minimum absolute atomic E-state index is 0.0720. The number of aryl methyl sites for hydroxylation is 1. The number of nitrogens with zero attached hydrogens (tertiary/aromatic N) is 2. The highest BCUT2D eigenvalue weighted by Gasteiger charge is 2.25. The number of rotatable bonds is 10. The Bertz CT molecular complexity index is 1320. The van der Waals surface area contributed by atoms with Crippen molar-refractivity contribution in [3.63, 3.8) is 0 Å². The maximum Gasteiger partial charge on any atom is 0.299 e. The summed E-state index contributed by atoms with van der Waals surface area (Å²) in [7, 11) is 1.58. The number of hydrogen-bond donors (Lipinski definition) is 1. The van der Waals surface area contributed by atoms with Gasteiger partial charge < -0.3 is 10.1 Å². The van der Waals surface area contributed by atoms with Crippen molar-refractivity contribution in [2.75, 3.05) is 13.7 Å². The molecule has 0 aliphatic heterocycles.